The first-order valence-corrected chi connectivity index (χ1v) is 16.6. The highest BCUT2D eigenvalue weighted by Crippen LogP contribution is 2.19. The van der Waals surface area contributed by atoms with Gasteiger partial charge in [0.25, 0.3) is 0 Å². The Bertz CT molecular complexity index is 717. The van der Waals surface area contributed by atoms with Gasteiger partial charge in [-0.2, -0.15) is 0 Å². The molecular weight excluding hydrogens is 586 g/mol. The normalized spacial score (nSPS) is 11.4. The van der Waals surface area contributed by atoms with E-state index in [4.69, 9.17) is 57.8 Å². The first-order valence-electron chi connectivity index (χ1n) is 16.6. The Labute approximate surface area is 271 Å². The van der Waals surface area contributed by atoms with Crippen molar-refractivity contribution in [1.82, 2.24) is 0 Å². The van der Waals surface area contributed by atoms with E-state index in [0.29, 0.717) is 144 Å². The molecule has 0 spiro atoms. The molecule has 0 saturated heterocycles. The van der Waals surface area contributed by atoms with Crippen molar-refractivity contribution >= 4 is 5.69 Å². The molecule has 0 fully saturated rings. The number of nitrogen functional groups attached to an aromatic ring is 1. The van der Waals surface area contributed by atoms with E-state index in [0.717, 1.165) is 13.0 Å². The van der Waals surface area contributed by atoms with Gasteiger partial charge in [0, 0.05) is 6.61 Å². The van der Waals surface area contributed by atoms with E-state index < -0.39 is 0 Å². The second-order valence-corrected chi connectivity index (χ2v) is 9.92. The number of ether oxygens (including phenoxy) is 11. The first kappa shape index (κ1) is 41.4. The Morgan fingerprint density at radius 2 is 0.689 bits per heavy atom. The maximum absolute atomic E-state index is 5.82. The van der Waals surface area contributed by atoms with E-state index in [1.807, 2.05) is 18.2 Å². The molecule has 0 radical (unpaired) electrons. The maximum atomic E-state index is 5.82. The van der Waals surface area contributed by atoms with Crippen LogP contribution in [0.5, 0.6) is 5.75 Å². The highest BCUT2D eigenvalue weighted by molar-refractivity contribution is 5.51. The quantitative estimate of drug-likeness (QED) is 0.0834. The largest absolute Gasteiger partial charge is 0.489 e. The van der Waals surface area contributed by atoms with Crippen LogP contribution in [0, 0.1) is 0 Å². The van der Waals surface area contributed by atoms with Gasteiger partial charge in [0.05, 0.1) is 131 Å². The van der Waals surface area contributed by atoms with Crippen molar-refractivity contribution in [2.24, 2.45) is 0 Å². The molecular formula is C33H61NO11. The van der Waals surface area contributed by atoms with Crippen LogP contribution in [-0.2, 0) is 47.4 Å². The lowest BCUT2D eigenvalue weighted by Crippen LogP contribution is -2.15. The Hall–Kier alpha value is -1.58. The predicted octanol–water partition coefficient (Wildman–Crippen LogP) is 3.78. The summed E-state index contributed by atoms with van der Waals surface area (Å²) in [5.74, 6) is 0.671. The molecule has 0 bridgehead atoms. The molecule has 0 aliphatic heterocycles. The van der Waals surface area contributed by atoms with Crippen molar-refractivity contribution in [3.63, 3.8) is 0 Å². The summed E-state index contributed by atoms with van der Waals surface area (Å²) in [6.45, 7) is 13.6. The molecule has 1 rings (SSSR count). The van der Waals surface area contributed by atoms with Crippen molar-refractivity contribution in [2.75, 3.05) is 144 Å². The second-order valence-electron chi connectivity index (χ2n) is 9.92. The Kier molecular flexibility index (Phi) is 32.5. The monoisotopic (exact) mass is 647 g/mol. The molecule has 0 saturated carbocycles. The van der Waals surface area contributed by atoms with Gasteiger partial charge in [-0.3, -0.25) is 0 Å². The van der Waals surface area contributed by atoms with Gasteiger partial charge in [-0.05, 0) is 18.6 Å². The molecule has 0 atom stereocenters. The molecule has 1 aromatic carbocycles. The van der Waals surface area contributed by atoms with E-state index in [2.05, 4.69) is 6.92 Å². The minimum atomic E-state index is 0.441. The Balaban J connectivity index is 1.62. The average Bonchev–Trinajstić information content (AvgIpc) is 3.05. The highest BCUT2D eigenvalue weighted by atomic mass is 16.6. The number of hydrogen-bond donors (Lipinski definition) is 1. The molecule has 0 aliphatic carbocycles. The van der Waals surface area contributed by atoms with Crippen LogP contribution in [0.3, 0.4) is 0 Å². The summed E-state index contributed by atoms with van der Waals surface area (Å²) in [6.07, 6.45) is 6.28. The molecule has 264 valence electrons. The van der Waals surface area contributed by atoms with E-state index in [-0.39, 0.29) is 0 Å². The lowest BCUT2D eigenvalue weighted by atomic mass is 10.2. The van der Waals surface area contributed by atoms with Crippen LogP contribution in [0.15, 0.2) is 24.3 Å². The van der Waals surface area contributed by atoms with E-state index in [9.17, 15) is 0 Å². The third kappa shape index (κ3) is 30.8. The van der Waals surface area contributed by atoms with Crippen LogP contribution in [0.25, 0.3) is 0 Å². The summed E-state index contributed by atoms with van der Waals surface area (Å²) in [7, 11) is 0. The number of hydrogen-bond acceptors (Lipinski definition) is 12. The summed E-state index contributed by atoms with van der Waals surface area (Å²) in [5, 5.41) is 0. The lowest BCUT2D eigenvalue weighted by Gasteiger charge is -2.09. The SMILES string of the molecule is CCCCCCCOCCOCCOCCOCCOCCOCCOCCOCCOCCOCCOc1ccccc1N. The van der Waals surface area contributed by atoms with E-state index in [1.54, 1.807) is 6.07 Å². The smallest absolute Gasteiger partial charge is 0.142 e. The van der Waals surface area contributed by atoms with Crippen molar-refractivity contribution in [3.05, 3.63) is 24.3 Å². The molecule has 0 aliphatic rings. The van der Waals surface area contributed by atoms with Gasteiger partial charge in [0.2, 0.25) is 0 Å². The summed E-state index contributed by atoms with van der Waals surface area (Å²) >= 11 is 0. The van der Waals surface area contributed by atoms with Gasteiger partial charge in [0.1, 0.15) is 12.4 Å². The number of rotatable bonds is 37. The zero-order valence-corrected chi connectivity index (χ0v) is 27.8. The van der Waals surface area contributed by atoms with Crippen molar-refractivity contribution in [1.29, 1.82) is 0 Å². The van der Waals surface area contributed by atoms with Gasteiger partial charge in [-0.1, -0.05) is 44.7 Å². The first-order chi connectivity index (χ1) is 22.3. The van der Waals surface area contributed by atoms with Crippen LogP contribution in [0.4, 0.5) is 5.69 Å². The number of para-hydroxylation sites is 2. The average molecular weight is 648 g/mol. The second kappa shape index (κ2) is 35.3. The summed E-state index contributed by atoms with van der Waals surface area (Å²) in [6, 6.07) is 7.39. The zero-order chi connectivity index (χ0) is 32.1. The fourth-order valence-corrected chi connectivity index (χ4v) is 3.71. The van der Waals surface area contributed by atoms with E-state index in [1.165, 1.54) is 25.7 Å². The topological polar surface area (TPSA) is 128 Å². The number of anilines is 1. The number of nitrogens with two attached hydrogens (primary N) is 1. The fraction of sp³-hybridized carbons (Fsp3) is 0.818. The number of unbranched alkanes of at least 4 members (excludes halogenated alkanes) is 4. The standard InChI is InChI=1S/C33H61NO11/c1-2-3-4-5-8-11-35-12-13-36-14-15-37-16-17-38-18-19-39-20-21-40-22-23-41-24-25-42-26-27-43-28-29-44-30-31-45-33-10-7-6-9-32(33)34/h6-7,9-10H,2-5,8,11-31,34H2,1H3. The van der Waals surface area contributed by atoms with Crippen LogP contribution in [0.1, 0.15) is 39.0 Å². The summed E-state index contributed by atoms with van der Waals surface area (Å²) in [5.41, 5.74) is 6.44. The van der Waals surface area contributed by atoms with Crippen LogP contribution < -0.4 is 10.5 Å². The Morgan fingerprint density at radius 3 is 1.04 bits per heavy atom. The third-order valence-corrected chi connectivity index (χ3v) is 6.14. The van der Waals surface area contributed by atoms with Crippen molar-refractivity contribution in [2.45, 2.75) is 39.0 Å². The minimum absolute atomic E-state index is 0.441. The van der Waals surface area contributed by atoms with Crippen molar-refractivity contribution < 1.29 is 52.1 Å². The molecule has 45 heavy (non-hydrogen) atoms. The molecule has 0 amide bonds. The lowest BCUT2D eigenvalue weighted by molar-refractivity contribution is -0.0267. The summed E-state index contributed by atoms with van der Waals surface area (Å²) < 4.78 is 60.5. The molecule has 2 N–H and O–H groups in total. The molecule has 0 unspecified atom stereocenters. The van der Waals surface area contributed by atoms with Crippen LogP contribution in [0.2, 0.25) is 0 Å². The van der Waals surface area contributed by atoms with Crippen molar-refractivity contribution in [3.8, 4) is 5.75 Å². The molecule has 0 heterocycles. The molecule has 12 heteroatoms. The van der Waals surface area contributed by atoms with Crippen LogP contribution in [-0.4, -0.2) is 139 Å². The zero-order valence-electron chi connectivity index (χ0n) is 27.8. The third-order valence-electron chi connectivity index (χ3n) is 6.14. The van der Waals surface area contributed by atoms with Gasteiger partial charge >= 0.3 is 0 Å². The van der Waals surface area contributed by atoms with Crippen LogP contribution >= 0.6 is 0 Å². The predicted molar refractivity (Wildman–Crippen MR) is 173 cm³/mol. The maximum Gasteiger partial charge on any atom is 0.142 e. The van der Waals surface area contributed by atoms with Gasteiger partial charge in [-0.25, -0.2) is 0 Å². The Morgan fingerprint density at radius 1 is 0.378 bits per heavy atom. The fourth-order valence-electron chi connectivity index (χ4n) is 3.71. The van der Waals surface area contributed by atoms with Gasteiger partial charge in [0.15, 0.2) is 0 Å². The highest BCUT2D eigenvalue weighted by Gasteiger charge is 1.99. The molecule has 0 aromatic heterocycles. The molecule has 1 aromatic rings. The minimum Gasteiger partial charge on any atom is -0.489 e. The summed E-state index contributed by atoms with van der Waals surface area (Å²) in [4.78, 5) is 0. The number of benzene rings is 1. The van der Waals surface area contributed by atoms with Gasteiger partial charge in [-0.15, -0.1) is 0 Å². The molecule has 12 nitrogen and oxygen atoms in total. The van der Waals surface area contributed by atoms with E-state index >= 15 is 0 Å². The van der Waals surface area contributed by atoms with Gasteiger partial charge < -0.3 is 57.8 Å².